The molecule has 3 rings (SSSR count). The molecule has 0 spiro atoms. The summed E-state index contributed by atoms with van der Waals surface area (Å²) in [4.78, 5) is 96.1. The molecule has 3 aromatic rings. The Morgan fingerprint density at radius 1 is 0.557 bits per heavy atom. The highest BCUT2D eigenvalue weighted by Crippen LogP contribution is 2.10. The van der Waals surface area contributed by atoms with Crippen LogP contribution in [-0.2, 0) is 52.8 Å². The predicted octanol–water partition coefficient (Wildman–Crippen LogP) is -2.60. The average Bonchev–Trinajstić information content (AvgIpc) is 3.26. The van der Waals surface area contributed by atoms with E-state index in [0.29, 0.717) is 30.5 Å². The maximum atomic E-state index is 14.1. The van der Waals surface area contributed by atoms with Gasteiger partial charge in [-0.2, -0.15) is 0 Å². The second-order valence-electron chi connectivity index (χ2n) is 14.0. The van der Waals surface area contributed by atoms with Crippen molar-refractivity contribution < 1.29 is 38.7 Å². The molecule has 328 valence electrons. The molecule has 14 N–H and O–H groups in total. The summed E-state index contributed by atoms with van der Waals surface area (Å²) in [5, 5.41) is 28.6. The lowest BCUT2D eigenvalue weighted by Gasteiger charge is -2.27. The zero-order valence-electron chi connectivity index (χ0n) is 34.1. The lowest BCUT2D eigenvalue weighted by molar-refractivity contribution is -0.135. The van der Waals surface area contributed by atoms with Gasteiger partial charge in [0.05, 0.1) is 19.7 Å². The quantitative estimate of drug-likeness (QED) is 0.0239. The molecule has 19 heteroatoms. The Labute approximate surface area is 354 Å². The third kappa shape index (κ3) is 17.9. The van der Waals surface area contributed by atoms with Crippen molar-refractivity contribution in [2.24, 2.45) is 22.2 Å². The van der Waals surface area contributed by atoms with Crippen molar-refractivity contribution in [3.05, 3.63) is 108 Å². The summed E-state index contributed by atoms with van der Waals surface area (Å²) in [6.07, 6.45) is 1.08. The minimum atomic E-state index is -1.59. The SMILES string of the molecule is CN=C(N)NCCCC[C@H](NC(=O)[C@H](Cc1ccccc1)NC(=O)[C@H](CO)NC(=O)[C@H](Cc1ccccc1)NC(=O)CNC(=O)CN)C(=O)N[C@@H](Cc1ccccc1)C(N)=O. The topological polar surface area (TPSA) is 314 Å². The van der Waals surface area contributed by atoms with E-state index in [2.05, 4.69) is 42.2 Å². The fraction of sp³-hybridized carbons (Fsp3) is 0.381. The van der Waals surface area contributed by atoms with Crippen LogP contribution in [0.5, 0.6) is 0 Å². The van der Waals surface area contributed by atoms with Gasteiger partial charge in [-0.15, -0.1) is 0 Å². The lowest BCUT2D eigenvalue weighted by atomic mass is 10.0. The molecule has 0 radical (unpaired) electrons. The van der Waals surface area contributed by atoms with Gasteiger partial charge in [0, 0.05) is 32.9 Å². The number of nitrogens with two attached hydrogens (primary N) is 3. The number of rotatable bonds is 25. The zero-order valence-corrected chi connectivity index (χ0v) is 34.1. The Balaban J connectivity index is 1.83. The number of guanidine groups is 1. The molecule has 0 aliphatic carbocycles. The van der Waals surface area contributed by atoms with Gasteiger partial charge in [0.25, 0.3) is 0 Å². The van der Waals surface area contributed by atoms with Gasteiger partial charge in [-0.1, -0.05) is 91.0 Å². The molecule has 0 unspecified atom stereocenters. The van der Waals surface area contributed by atoms with Crippen LogP contribution >= 0.6 is 0 Å². The van der Waals surface area contributed by atoms with E-state index in [9.17, 15) is 38.7 Å². The molecule has 0 aliphatic rings. The Hall–Kier alpha value is -6.86. The fourth-order valence-corrected chi connectivity index (χ4v) is 6.01. The number of unbranched alkanes of at least 4 members (excludes halogenated alkanes) is 1. The molecule has 5 atom stereocenters. The number of nitrogens with one attached hydrogen (secondary N) is 7. The summed E-state index contributed by atoms with van der Waals surface area (Å²) in [5.74, 6) is -5.08. The Morgan fingerprint density at radius 2 is 0.984 bits per heavy atom. The van der Waals surface area contributed by atoms with E-state index in [4.69, 9.17) is 17.2 Å². The first-order valence-corrected chi connectivity index (χ1v) is 19.8. The number of carbonyl (C=O) groups is 7. The number of aliphatic imine (C=N–C) groups is 1. The van der Waals surface area contributed by atoms with Gasteiger partial charge in [-0.25, -0.2) is 0 Å². The standard InChI is InChI=1S/C42H57N11O8/c1-46-42(45)47-20-12-11-19-30(38(58)51-31(37(44)57)21-27-13-5-2-6-14-27)50-40(60)33(23-29-17-9-4-10-18-29)52-41(61)34(26-54)53-39(59)32(22-28-15-7-3-8-16-28)49-36(56)25-48-35(55)24-43/h2-10,13-18,30-34,54H,11-12,19-26,43H2,1H3,(H2,44,57)(H,48,55)(H,49,56)(H,50,60)(H,51,58)(H,52,61)(H,53,59)(H3,45,46,47)/t30-,31-,32-,33-,34-/m0/s1. The maximum absolute atomic E-state index is 14.1. The average molecular weight is 844 g/mol. The van der Waals surface area contributed by atoms with E-state index in [1.165, 1.54) is 7.05 Å². The number of hydrogen-bond acceptors (Lipinski definition) is 10. The minimum Gasteiger partial charge on any atom is -0.394 e. The van der Waals surface area contributed by atoms with Crippen molar-refractivity contribution >= 4 is 47.3 Å². The zero-order chi connectivity index (χ0) is 44.6. The molecule has 0 aromatic heterocycles. The molecule has 19 nitrogen and oxygen atoms in total. The smallest absolute Gasteiger partial charge is 0.245 e. The van der Waals surface area contributed by atoms with Gasteiger partial charge in [-0.05, 0) is 36.0 Å². The molecular weight excluding hydrogens is 787 g/mol. The predicted molar refractivity (Wildman–Crippen MR) is 228 cm³/mol. The number of aliphatic hydroxyl groups excluding tert-OH is 1. The van der Waals surface area contributed by atoms with Gasteiger partial charge in [0.2, 0.25) is 41.4 Å². The summed E-state index contributed by atoms with van der Waals surface area (Å²) in [7, 11) is 1.53. The number of nitrogens with zero attached hydrogens (tertiary/aromatic N) is 1. The maximum Gasteiger partial charge on any atom is 0.245 e. The normalized spacial score (nSPS) is 13.5. The van der Waals surface area contributed by atoms with Crippen molar-refractivity contribution in [3.63, 3.8) is 0 Å². The summed E-state index contributed by atoms with van der Waals surface area (Å²) in [6, 6.07) is 19.9. The first kappa shape index (κ1) is 48.5. The molecule has 0 bridgehead atoms. The molecule has 0 fully saturated rings. The van der Waals surface area contributed by atoms with E-state index in [1.807, 2.05) is 0 Å². The van der Waals surface area contributed by atoms with E-state index >= 15 is 0 Å². The third-order valence-electron chi connectivity index (χ3n) is 9.34. The highest BCUT2D eigenvalue weighted by molar-refractivity contribution is 5.97. The van der Waals surface area contributed by atoms with E-state index in [-0.39, 0.29) is 38.2 Å². The fourth-order valence-electron chi connectivity index (χ4n) is 6.01. The van der Waals surface area contributed by atoms with Crippen molar-refractivity contribution in [2.45, 2.75) is 68.7 Å². The second kappa shape index (κ2) is 26.3. The molecule has 0 heterocycles. The highest BCUT2D eigenvalue weighted by Gasteiger charge is 2.32. The Morgan fingerprint density at radius 3 is 1.46 bits per heavy atom. The molecular formula is C42H57N11O8. The van der Waals surface area contributed by atoms with Crippen molar-refractivity contribution in [2.75, 3.05) is 33.3 Å². The monoisotopic (exact) mass is 843 g/mol. The third-order valence-corrected chi connectivity index (χ3v) is 9.34. The molecule has 61 heavy (non-hydrogen) atoms. The summed E-state index contributed by atoms with van der Waals surface area (Å²) in [6.45, 7) is -1.29. The van der Waals surface area contributed by atoms with Crippen molar-refractivity contribution in [3.8, 4) is 0 Å². The molecule has 7 amide bonds. The van der Waals surface area contributed by atoms with E-state index in [1.54, 1.807) is 91.0 Å². The van der Waals surface area contributed by atoms with Crippen LogP contribution in [0.4, 0.5) is 0 Å². The molecule has 0 saturated carbocycles. The van der Waals surface area contributed by atoms with Crippen LogP contribution in [0, 0.1) is 0 Å². The van der Waals surface area contributed by atoms with Gasteiger partial charge in [0.15, 0.2) is 5.96 Å². The Bertz CT molecular complexity index is 1920. The summed E-state index contributed by atoms with van der Waals surface area (Å²) in [5.41, 5.74) is 18.7. The first-order chi connectivity index (χ1) is 29.3. The number of amides is 7. The summed E-state index contributed by atoms with van der Waals surface area (Å²) >= 11 is 0. The first-order valence-electron chi connectivity index (χ1n) is 19.8. The van der Waals surface area contributed by atoms with Crippen LogP contribution in [-0.4, -0.2) is 116 Å². The molecule has 0 aliphatic heterocycles. The molecule has 3 aromatic carbocycles. The van der Waals surface area contributed by atoms with Gasteiger partial charge < -0.3 is 59.5 Å². The number of aliphatic hydroxyl groups is 1. The number of primary amides is 1. The van der Waals surface area contributed by atoms with Crippen LogP contribution in [0.3, 0.4) is 0 Å². The van der Waals surface area contributed by atoms with Crippen LogP contribution in [0.1, 0.15) is 36.0 Å². The minimum absolute atomic E-state index is 0.0108. The van der Waals surface area contributed by atoms with Crippen molar-refractivity contribution in [1.29, 1.82) is 0 Å². The Kier molecular flexibility index (Phi) is 20.9. The number of hydrogen-bond donors (Lipinski definition) is 11. The van der Waals surface area contributed by atoms with Crippen LogP contribution in [0.2, 0.25) is 0 Å². The number of carbonyl (C=O) groups excluding carboxylic acids is 7. The summed E-state index contributed by atoms with van der Waals surface area (Å²) < 4.78 is 0. The van der Waals surface area contributed by atoms with E-state index < -0.39 is 84.7 Å². The largest absolute Gasteiger partial charge is 0.394 e. The van der Waals surface area contributed by atoms with E-state index in [0.717, 1.165) is 5.56 Å². The highest BCUT2D eigenvalue weighted by atomic mass is 16.3. The van der Waals surface area contributed by atoms with Crippen LogP contribution < -0.4 is 54.4 Å². The lowest BCUT2D eigenvalue weighted by Crippen LogP contribution is -2.60. The van der Waals surface area contributed by atoms with Gasteiger partial charge in [0.1, 0.15) is 30.2 Å². The van der Waals surface area contributed by atoms with Gasteiger partial charge in [-0.3, -0.25) is 38.6 Å². The van der Waals surface area contributed by atoms with Crippen LogP contribution in [0.15, 0.2) is 96.0 Å². The second-order valence-corrected chi connectivity index (χ2v) is 14.0. The van der Waals surface area contributed by atoms with Crippen LogP contribution in [0.25, 0.3) is 0 Å². The van der Waals surface area contributed by atoms with Crippen molar-refractivity contribution in [1.82, 2.24) is 37.2 Å². The molecule has 0 saturated heterocycles. The van der Waals surface area contributed by atoms with Gasteiger partial charge >= 0.3 is 0 Å². The number of benzene rings is 3.